The first kappa shape index (κ1) is 17.2. The number of anilines is 3. The quantitative estimate of drug-likeness (QED) is 0.684. The summed E-state index contributed by atoms with van der Waals surface area (Å²) >= 11 is 0. The van der Waals surface area contributed by atoms with Crippen molar-refractivity contribution >= 4 is 28.9 Å². The van der Waals surface area contributed by atoms with Crippen molar-refractivity contribution in [3.05, 3.63) is 77.7 Å². The maximum atomic E-state index is 12.9. The number of hydrogen-bond donors (Lipinski definition) is 2. The molecule has 0 spiro atoms. The van der Waals surface area contributed by atoms with Gasteiger partial charge in [-0.1, -0.05) is 0 Å². The van der Waals surface area contributed by atoms with Gasteiger partial charge in [0.05, 0.1) is 0 Å². The Kier molecular flexibility index (Phi) is 4.98. The maximum absolute atomic E-state index is 12.9. The van der Waals surface area contributed by atoms with Gasteiger partial charge in [-0.25, -0.2) is 4.39 Å². The third kappa shape index (κ3) is 4.27. The molecule has 6 nitrogen and oxygen atoms in total. The van der Waals surface area contributed by atoms with E-state index < -0.39 is 5.91 Å². The van der Waals surface area contributed by atoms with Gasteiger partial charge in [0.25, 0.3) is 5.91 Å². The number of carbonyl (C=O) groups is 2. The highest BCUT2D eigenvalue weighted by Gasteiger charge is 2.09. The predicted octanol–water partition coefficient (Wildman–Crippen LogP) is 3.81. The first-order chi connectivity index (χ1) is 12.5. The van der Waals surface area contributed by atoms with Gasteiger partial charge in [0.2, 0.25) is 0 Å². The number of hydrogen-bond acceptors (Lipinski definition) is 5. The number of Topliss-reactive ketones (excluding diaryl/α,β-unsaturated/α-hetero) is 1. The lowest BCUT2D eigenvalue weighted by Crippen LogP contribution is -2.14. The monoisotopic (exact) mass is 350 g/mol. The van der Waals surface area contributed by atoms with Gasteiger partial charge >= 0.3 is 0 Å². The summed E-state index contributed by atoms with van der Waals surface area (Å²) in [6.07, 6.45) is 0. The molecule has 0 saturated heterocycles. The standard InChI is InChI=1S/C19H15FN4O2/c1-12(25)13-2-6-16(7-3-13)22-19(26)17-10-11-18(24-23-17)21-15-8-4-14(20)5-9-15/h2-11H,1H3,(H,21,24)(H,22,26). The second-order valence-corrected chi connectivity index (χ2v) is 5.52. The summed E-state index contributed by atoms with van der Waals surface area (Å²) in [6, 6.07) is 15.5. The SMILES string of the molecule is CC(=O)c1ccc(NC(=O)c2ccc(Nc3ccc(F)cc3)nn2)cc1. The van der Waals surface area contributed by atoms with E-state index in [4.69, 9.17) is 0 Å². The molecule has 1 heterocycles. The summed E-state index contributed by atoms with van der Waals surface area (Å²) in [5, 5.41) is 13.5. The molecule has 26 heavy (non-hydrogen) atoms. The molecule has 0 unspecified atom stereocenters. The molecule has 0 fully saturated rings. The molecular weight excluding hydrogens is 335 g/mol. The lowest BCUT2D eigenvalue weighted by molar-refractivity contribution is 0.101. The number of aromatic nitrogens is 2. The Hall–Kier alpha value is -3.61. The normalized spacial score (nSPS) is 10.2. The van der Waals surface area contributed by atoms with Gasteiger partial charge in [-0.15, -0.1) is 10.2 Å². The van der Waals surface area contributed by atoms with Crippen LogP contribution in [0.25, 0.3) is 0 Å². The summed E-state index contributed by atoms with van der Waals surface area (Å²) in [7, 11) is 0. The van der Waals surface area contributed by atoms with Gasteiger partial charge in [-0.3, -0.25) is 9.59 Å². The van der Waals surface area contributed by atoms with Crippen molar-refractivity contribution < 1.29 is 14.0 Å². The molecule has 1 amide bonds. The third-order valence-electron chi connectivity index (χ3n) is 3.56. The van der Waals surface area contributed by atoms with Crippen LogP contribution in [0.2, 0.25) is 0 Å². The molecule has 3 aromatic rings. The van der Waals surface area contributed by atoms with Gasteiger partial charge in [0.15, 0.2) is 17.3 Å². The summed E-state index contributed by atoms with van der Waals surface area (Å²) < 4.78 is 12.9. The van der Waals surface area contributed by atoms with E-state index >= 15 is 0 Å². The average molecular weight is 350 g/mol. The fourth-order valence-corrected chi connectivity index (χ4v) is 2.18. The van der Waals surface area contributed by atoms with E-state index in [1.807, 2.05) is 0 Å². The van der Waals surface area contributed by atoms with Gasteiger partial charge in [-0.05, 0) is 67.6 Å². The minimum Gasteiger partial charge on any atom is -0.339 e. The Bertz CT molecular complexity index is 923. The fourth-order valence-electron chi connectivity index (χ4n) is 2.18. The Morgan fingerprint density at radius 3 is 2.08 bits per heavy atom. The molecule has 0 atom stereocenters. The van der Waals surface area contributed by atoms with Crippen LogP contribution in [-0.4, -0.2) is 21.9 Å². The molecule has 0 aliphatic rings. The molecule has 0 bridgehead atoms. The van der Waals surface area contributed by atoms with Crippen molar-refractivity contribution in [2.24, 2.45) is 0 Å². The number of nitrogens with zero attached hydrogens (tertiary/aromatic N) is 2. The zero-order valence-corrected chi connectivity index (χ0v) is 13.9. The summed E-state index contributed by atoms with van der Waals surface area (Å²) in [5.41, 5.74) is 1.92. The van der Waals surface area contributed by atoms with Crippen molar-refractivity contribution in [2.75, 3.05) is 10.6 Å². The van der Waals surface area contributed by atoms with Crippen LogP contribution in [0, 0.1) is 5.82 Å². The lowest BCUT2D eigenvalue weighted by Gasteiger charge is -2.07. The van der Waals surface area contributed by atoms with Crippen LogP contribution in [0.4, 0.5) is 21.6 Å². The van der Waals surface area contributed by atoms with Crippen molar-refractivity contribution in [3.8, 4) is 0 Å². The van der Waals surface area contributed by atoms with Crippen molar-refractivity contribution in [1.82, 2.24) is 10.2 Å². The number of halogens is 1. The van der Waals surface area contributed by atoms with E-state index in [9.17, 15) is 14.0 Å². The second-order valence-electron chi connectivity index (χ2n) is 5.52. The van der Waals surface area contributed by atoms with E-state index in [0.29, 0.717) is 22.8 Å². The number of carbonyl (C=O) groups excluding carboxylic acids is 2. The maximum Gasteiger partial charge on any atom is 0.276 e. The summed E-state index contributed by atoms with van der Waals surface area (Å²) in [6.45, 7) is 1.48. The minimum atomic E-state index is -0.415. The van der Waals surface area contributed by atoms with E-state index in [2.05, 4.69) is 20.8 Å². The van der Waals surface area contributed by atoms with Crippen LogP contribution in [0.15, 0.2) is 60.7 Å². The molecule has 0 radical (unpaired) electrons. The number of rotatable bonds is 5. The Morgan fingerprint density at radius 2 is 1.50 bits per heavy atom. The van der Waals surface area contributed by atoms with Crippen molar-refractivity contribution in [3.63, 3.8) is 0 Å². The minimum absolute atomic E-state index is 0.0435. The summed E-state index contributed by atoms with van der Waals surface area (Å²) in [5.74, 6) is -0.358. The van der Waals surface area contributed by atoms with Crippen LogP contribution in [0.5, 0.6) is 0 Å². The molecule has 130 valence electrons. The van der Waals surface area contributed by atoms with Gasteiger partial charge in [-0.2, -0.15) is 0 Å². The molecule has 3 rings (SSSR count). The van der Waals surface area contributed by atoms with Crippen LogP contribution in [0.1, 0.15) is 27.8 Å². The Balaban J connectivity index is 1.64. The molecule has 0 saturated carbocycles. The van der Waals surface area contributed by atoms with Crippen molar-refractivity contribution in [1.29, 1.82) is 0 Å². The van der Waals surface area contributed by atoms with E-state index in [-0.39, 0.29) is 17.3 Å². The first-order valence-electron chi connectivity index (χ1n) is 7.80. The molecule has 0 aliphatic heterocycles. The molecule has 1 aromatic heterocycles. The highest BCUT2D eigenvalue weighted by Crippen LogP contribution is 2.15. The molecule has 7 heteroatoms. The van der Waals surface area contributed by atoms with Crippen LogP contribution < -0.4 is 10.6 Å². The largest absolute Gasteiger partial charge is 0.339 e. The molecular formula is C19H15FN4O2. The van der Waals surface area contributed by atoms with Crippen molar-refractivity contribution in [2.45, 2.75) is 6.92 Å². The first-order valence-corrected chi connectivity index (χ1v) is 7.80. The van der Waals surface area contributed by atoms with E-state index in [0.717, 1.165) is 0 Å². The van der Waals surface area contributed by atoms with E-state index in [1.54, 1.807) is 42.5 Å². The number of ketones is 1. The van der Waals surface area contributed by atoms with Crippen LogP contribution in [-0.2, 0) is 0 Å². The highest BCUT2D eigenvalue weighted by molar-refractivity contribution is 6.03. The fraction of sp³-hybridized carbons (Fsp3) is 0.0526. The summed E-state index contributed by atoms with van der Waals surface area (Å²) in [4.78, 5) is 23.4. The number of amides is 1. The number of nitrogens with one attached hydrogen (secondary N) is 2. The molecule has 0 aliphatic carbocycles. The van der Waals surface area contributed by atoms with E-state index in [1.165, 1.54) is 25.1 Å². The molecule has 2 aromatic carbocycles. The second kappa shape index (κ2) is 7.52. The predicted molar refractivity (Wildman–Crippen MR) is 96.1 cm³/mol. The number of benzene rings is 2. The van der Waals surface area contributed by atoms with Crippen LogP contribution in [0.3, 0.4) is 0 Å². The average Bonchev–Trinajstić information content (AvgIpc) is 2.64. The highest BCUT2D eigenvalue weighted by atomic mass is 19.1. The smallest absolute Gasteiger partial charge is 0.276 e. The zero-order valence-electron chi connectivity index (χ0n) is 13.9. The van der Waals surface area contributed by atoms with Gasteiger partial charge < -0.3 is 10.6 Å². The van der Waals surface area contributed by atoms with Gasteiger partial charge in [0, 0.05) is 16.9 Å². The zero-order chi connectivity index (χ0) is 18.5. The Labute approximate surface area is 149 Å². The Morgan fingerprint density at radius 1 is 0.846 bits per heavy atom. The third-order valence-corrected chi connectivity index (χ3v) is 3.56. The lowest BCUT2D eigenvalue weighted by atomic mass is 10.1. The topological polar surface area (TPSA) is 84.0 Å². The van der Waals surface area contributed by atoms with Gasteiger partial charge in [0.1, 0.15) is 5.82 Å². The van der Waals surface area contributed by atoms with Crippen LogP contribution >= 0.6 is 0 Å². The molecule has 2 N–H and O–H groups in total.